The zero-order chi connectivity index (χ0) is 13.8. The zero-order valence-electron chi connectivity index (χ0n) is 11.4. The normalized spacial score (nSPS) is 10.8. The first-order chi connectivity index (χ1) is 9.06. The topological polar surface area (TPSA) is 35.0 Å². The van der Waals surface area contributed by atoms with Crippen LogP contribution in [0, 0.1) is 6.92 Å². The molecular weight excluding hydrogens is 260 g/mol. The molecule has 0 N–H and O–H groups in total. The zero-order valence-corrected chi connectivity index (χ0v) is 12.1. The molecule has 0 saturated carbocycles. The highest BCUT2D eigenvalue weighted by molar-refractivity contribution is 6.29. The lowest BCUT2D eigenvalue weighted by molar-refractivity contribution is 0.299. The minimum atomic E-state index is 0.390. The maximum atomic E-state index is 5.70. The molecular formula is C15H17ClN2O. The molecule has 2 aromatic rings. The lowest BCUT2D eigenvalue weighted by Crippen LogP contribution is -2.00. The van der Waals surface area contributed by atoms with E-state index in [1.807, 2.05) is 12.1 Å². The Morgan fingerprint density at radius 2 is 1.95 bits per heavy atom. The van der Waals surface area contributed by atoms with Crippen LogP contribution in [0.1, 0.15) is 36.6 Å². The maximum absolute atomic E-state index is 5.70. The SMILES string of the molecule is Cc1cc(OCc2ccc(Cl)nn2)ccc1C(C)C. The number of halogens is 1. The van der Waals surface area contributed by atoms with Crippen LogP contribution in [-0.2, 0) is 6.61 Å². The summed E-state index contributed by atoms with van der Waals surface area (Å²) in [5.41, 5.74) is 3.35. The smallest absolute Gasteiger partial charge is 0.151 e. The largest absolute Gasteiger partial charge is 0.487 e. The molecule has 0 saturated heterocycles. The fourth-order valence-electron chi connectivity index (χ4n) is 1.96. The third-order valence-corrected chi connectivity index (χ3v) is 3.14. The van der Waals surface area contributed by atoms with E-state index >= 15 is 0 Å². The number of nitrogens with zero attached hydrogens (tertiary/aromatic N) is 2. The molecule has 0 fully saturated rings. The molecule has 0 radical (unpaired) electrons. The van der Waals surface area contributed by atoms with Crippen LogP contribution in [0.5, 0.6) is 5.75 Å². The molecule has 19 heavy (non-hydrogen) atoms. The lowest BCUT2D eigenvalue weighted by Gasteiger charge is -2.12. The van der Waals surface area contributed by atoms with Crippen molar-refractivity contribution in [2.75, 3.05) is 0 Å². The monoisotopic (exact) mass is 276 g/mol. The summed E-state index contributed by atoms with van der Waals surface area (Å²) in [4.78, 5) is 0. The fourth-order valence-corrected chi connectivity index (χ4v) is 2.06. The Hall–Kier alpha value is -1.61. The highest BCUT2D eigenvalue weighted by Gasteiger charge is 2.05. The van der Waals surface area contributed by atoms with Crippen LogP contribution in [-0.4, -0.2) is 10.2 Å². The van der Waals surface area contributed by atoms with E-state index in [-0.39, 0.29) is 0 Å². The molecule has 3 nitrogen and oxygen atoms in total. The molecule has 0 aliphatic rings. The van der Waals surface area contributed by atoms with Gasteiger partial charge in [-0.05, 0) is 48.2 Å². The van der Waals surface area contributed by atoms with Gasteiger partial charge in [-0.25, -0.2) is 0 Å². The Morgan fingerprint density at radius 1 is 1.16 bits per heavy atom. The number of aryl methyl sites for hydroxylation is 1. The summed E-state index contributed by atoms with van der Waals surface area (Å²) >= 11 is 5.68. The van der Waals surface area contributed by atoms with Gasteiger partial charge in [-0.3, -0.25) is 0 Å². The Balaban J connectivity index is 2.04. The molecule has 0 bridgehead atoms. The molecule has 0 spiro atoms. The highest BCUT2D eigenvalue weighted by atomic mass is 35.5. The molecule has 0 aliphatic heterocycles. The van der Waals surface area contributed by atoms with Gasteiger partial charge in [0.15, 0.2) is 5.15 Å². The van der Waals surface area contributed by atoms with Crippen molar-refractivity contribution in [3.05, 3.63) is 52.3 Å². The second-order valence-electron chi connectivity index (χ2n) is 4.81. The second-order valence-corrected chi connectivity index (χ2v) is 5.20. The van der Waals surface area contributed by atoms with Gasteiger partial charge >= 0.3 is 0 Å². The van der Waals surface area contributed by atoms with Gasteiger partial charge in [0.05, 0.1) is 0 Å². The van der Waals surface area contributed by atoms with Gasteiger partial charge < -0.3 is 4.74 Å². The van der Waals surface area contributed by atoms with Crippen molar-refractivity contribution < 1.29 is 4.74 Å². The third-order valence-electron chi connectivity index (χ3n) is 2.94. The summed E-state index contributed by atoms with van der Waals surface area (Å²) in [6.07, 6.45) is 0. The van der Waals surface area contributed by atoms with E-state index in [9.17, 15) is 0 Å². The van der Waals surface area contributed by atoms with E-state index in [0.717, 1.165) is 11.4 Å². The average molecular weight is 277 g/mol. The quantitative estimate of drug-likeness (QED) is 0.842. The van der Waals surface area contributed by atoms with Crippen LogP contribution in [0.2, 0.25) is 5.15 Å². The predicted molar refractivity (Wildman–Crippen MR) is 76.6 cm³/mol. The van der Waals surface area contributed by atoms with Gasteiger partial charge in [0, 0.05) is 0 Å². The van der Waals surface area contributed by atoms with Crippen LogP contribution < -0.4 is 4.74 Å². The van der Waals surface area contributed by atoms with Crippen LogP contribution in [0.3, 0.4) is 0 Å². The van der Waals surface area contributed by atoms with E-state index < -0.39 is 0 Å². The van der Waals surface area contributed by atoms with Gasteiger partial charge in [-0.15, -0.1) is 5.10 Å². The first-order valence-electron chi connectivity index (χ1n) is 6.27. The summed E-state index contributed by atoms with van der Waals surface area (Å²) in [5, 5.41) is 8.13. The summed E-state index contributed by atoms with van der Waals surface area (Å²) in [7, 11) is 0. The molecule has 0 amide bonds. The molecule has 1 aromatic carbocycles. The molecule has 0 aliphatic carbocycles. The highest BCUT2D eigenvalue weighted by Crippen LogP contribution is 2.23. The number of benzene rings is 1. The summed E-state index contributed by atoms with van der Waals surface area (Å²) in [5.74, 6) is 1.37. The van der Waals surface area contributed by atoms with E-state index in [1.54, 1.807) is 6.07 Å². The molecule has 1 aromatic heterocycles. The first-order valence-corrected chi connectivity index (χ1v) is 6.65. The molecule has 1 heterocycles. The maximum Gasteiger partial charge on any atom is 0.151 e. The third kappa shape index (κ3) is 3.67. The van der Waals surface area contributed by atoms with Crippen molar-refractivity contribution in [3.63, 3.8) is 0 Å². The van der Waals surface area contributed by atoms with Crippen molar-refractivity contribution in [1.29, 1.82) is 0 Å². The predicted octanol–water partition coefficient (Wildman–Crippen LogP) is 4.14. The number of rotatable bonds is 4. The van der Waals surface area contributed by atoms with Crippen molar-refractivity contribution in [1.82, 2.24) is 10.2 Å². The molecule has 0 atom stereocenters. The Morgan fingerprint density at radius 3 is 2.53 bits per heavy atom. The van der Waals surface area contributed by atoms with Crippen molar-refractivity contribution >= 4 is 11.6 Å². The van der Waals surface area contributed by atoms with Crippen LogP contribution in [0.4, 0.5) is 0 Å². The molecule has 2 rings (SSSR count). The molecule has 4 heteroatoms. The Labute approximate surface area is 118 Å². The Bertz CT molecular complexity index is 553. The molecule has 0 unspecified atom stereocenters. The van der Waals surface area contributed by atoms with Gasteiger partial charge in [-0.1, -0.05) is 31.5 Å². The van der Waals surface area contributed by atoms with Gasteiger partial charge in [0.2, 0.25) is 0 Å². The van der Waals surface area contributed by atoms with Crippen molar-refractivity contribution in [3.8, 4) is 5.75 Å². The number of hydrogen-bond acceptors (Lipinski definition) is 3. The van der Waals surface area contributed by atoms with E-state index in [2.05, 4.69) is 43.1 Å². The first kappa shape index (κ1) is 13.8. The van der Waals surface area contributed by atoms with Crippen LogP contribution in [0.15, 0.2) is 30.3 Å². The average Bonchev–Trinajstić information content (AvgIpc) is 2.37. The standard InChI is InChI=1S/C15H17ClN2O/c1-10(2)14-6-5-13(8-11(14)3)19-9-12-4-7-15(16)18-17-12/h4-8,10H,9H2,1-3H3. The summed E-state index contributed by atoms with van der Waals surface area (Å²) < 4.78 is 5.70. The summed E-state index contributed by atoms with van der Waals surface area (Å²) in [6, 6.07) is 9.68. The number of hydrogen-bond donors (Lipinski definition) is 0. The second kappa shape index (κ2) is 6.02. The van der Waals surface area contributed by atoms with E-state index in [1.165, 1.54) is 11.1 Å². The minimum Gasteiger partial charge on any atom is -0.487 e. The van der Waals surface area contributed by atoms with Gasteiger partial charge in [0.25, 0.3) is 0 Å². The van der Waals surface area contributed by atoms with Crippen LogP contribution >= 0.6 is 11.6 Å². The lowest BCUT2D eigenvalue weighted by atomic mass is 9.98. The van der Waals surface area contributed by atoms with E-state index in [0.29, 0.717) is 17.7 Å². The van der Waals surface area contributed by atoms with Gasteiger partial charge in [0.1, 0.15) is 18.1 Å². The van der Waals surface area contributed by atoms with Crippen molar-refractivity contribution in [2.24, 2.45) is 0 Å². The van der Waals surface area contributed by atoms with E-state index in [4.69, 9.17) is 16.3 Å². The number of ether oxygens (including phenoxy) is 1. The van der Waals surface area contributed by atoms with Crippen LogP contribution in [0.25, 0.3) is 0 Å². The molecule has 100 valence electrons. The van der Waals surface area contributed by atoms with Crippen molar-refractivity contribution in [2.45, 2.75) is 33.3 Å². The minimum absolute atomic E-state index is 0.390. The summed E-state index contributed by atoms with van der Waals surface area (Å²) in [6.45, 7) is 6.87. The Kier molecular flexibility index (Phi) is 4.38. The number of aromatic nitrogens is 2. The fraction of sp³-hybridized carbons (Fsp3) is 0.333. The van der Waals surface area contributed by atoms with Gasteiger partial charge in [-0.2, -0.15) is 5.10 Å².